The summed E-state index contributed by atoms with van der Waals surface area (Å²) in [5.41, 5.74) is 0.930. The van der Waals surface area contributed by atoms with Gasteiger partial charge in [-0.2, -0.15) is 0 Å². The van der Waals surface area contributed by atoms with Gasteiger partial charge < -0.3 is 9.72 Å². The molecule has 0 radical (unpaired) electrons. The van der Waals surface area contributed by atoms with Crippen molar-refractivity contribution in [2.24, 2.45) is 0 Å². The molecule has 0 saturated heterocycles. The molecule has 102 valence electrons. The summed E-state index contributed by atoms with van der Waals surface area (Å²) in [6, 6.07) is 7.48. The molecule has 0 aliphatic rings. The highest BCUT2D eigenvalue weighted by Gasteiger charge is 2.15. The van der Waals surface area contributed by atoms with E-state index in [1.807, 2.05) is 0 Å². The first-order chi connectivity index (χ1) is 9.60. The zero-order valence-corrected chi connectivity index (χ0v) is 11.1. The molecule has 0 aliphatic carbocycles. The number of H-pyrrole nitrogens is 1. The first kappa shape index (κ1) is 12.9. The Morgan fingerprint density at radius 1 is 1.20 bits per heavy atom. The van der Waals surface area contributed by atoms with E-state index in [0.29, 0.717) is 27.7 Å². The summed E-state index contributed by atoms with van der Waals surface area (Å²) in [7, 11) is 1.51. The Labute approximate surface area is 118 Å². The summed E-state index contributed by atoms with van der Waals surface area (Å²) >= 11 is 5.95. The molecule has 0 aliphatic heterocycles. The number of aromatic nitrogens is 2. The van der Waals surface area contributed by atoms with Crippen molar-refractivity contribution < 1.29 is 13.5 Å². The Balaban J connectivity index is 2.25. The van der Waals surface area contributed by atoms with Crippen molar-refractivity contribution in [1.29, 1.82) is 0 Å². The van der Waals surface area contributed by atoms with E-state index in [1.54, 1.807) is 18.2 Å². The van der Waals surface area contributed by atoms with Crippen molar-refractivity contribution in [1.82, 2.24) is 9.97 Å². The van der Waals surface area contributed by atoms with E-state index in [0.717, 1.165) is 6.07 Å². The largest absolute Gasteiger partial charge is 0.496 e. The molecule has 0 amide bonds. The van der Waals surface area contributed by atoms with Crippen LogP contribution in [-0.2, 0) is 0 Å². The molecule has 3 aromatic rings. The average Bonchev–Trinajstić information content (AvgIpc) is 2.88. The van der Waals surface area contributed by atoms with Crippen LogP contribution in [0.3, 0.4) is 0 Å². The van der Waals surface area contributed by atoms with Crippen LogP contribution in [-0.4, -0.2) is 17.1 Å². The summed E-state index contributed by atoms with van der Waals surface area (Å²) < 4.78 is 32.1. The molecular formula is C14H9ClF2N2O. The fourth-order valence-corrected chi connectivity index (χ4v) is 2.18. The van der Waals surface area contributed by atoms with Crippen LogP contribution in [0.15, 0.2) is 30.3 Å². The number of rotatable bonds is 2. The zero-order valence-electron chi connectivity index (χ0n) is 10.4. The van der Waals surface area contributed by atoms with Crippen molar-refractivity contribution in [3.05, 3.63) is 47.0 Å². The van der Waals surface area contributed by atoms with Gasteiger partial charge in [0.05, 0.1) is 18.2 Å². The highest BCUT2D eigenvalue weighted by Crippen LogP contribution is 2.32. The third-order valence-corrected chi connectivity index (χ3v) is 3.20. The van der Waals surface area contributed by atoms with E-state index >= 15 is 0 Å². The molecule has 0 bridgehead atoms. The van der Waals surface area contributed by atoms with E-state index in [1.165, 1.54) is 13.2 Å². The van der Waals surface area contributed by atoms with Gasteiger partial charge in [-0.05, 0) is 30.3 Å². The second-order valence-corrected chi connectivity index (χ2v) is 4.62. The molecule has 1 N–H and O–H groups in total. The maximum absolute atomic E-state index is 13.7. The zero-order chi connectivity index (χ0) is 14.3. The molecule has 6 heteroatoms. The van der Waals surface area contributed by atoms with Gasteiger partial charge in [0.2, 0.25) is 0 Å². The molecule has 20 heavy (non-hydrogen) atoms. The number of hydrogen-bond acceptors (Lipinski definition) is 2. The quantitative estimate of drug-likeness (QED) is 0.770. The van der Waals surface area contributed by atoms with Crippen LogP contribution in [0, 0.1) is 11.6 Å². The second-order valence-electron chi connectivity index (χ2n) is 4.19. The second kappa shape index (κ2) is 4.76. The molecule has 3 rings (SSSR count). The number of fused-ring (bicyclic) bond motifs is 1. The van der Waals surface area contributed by atoms with E-state index in [-0.39, 0.29) is 5.52 Å². The first-order valence-electron chi connectivity index (χ1n) is 5.78. The molecule has 1 heterocycles. The lowest BCUT2D eigenvalue weighted by molar-refractivity contribution is 0.416. The minimum absolute atomic E-state index is 0.0537. The van der Waals surface area contributed by atoms with Crippen molar-refractivity contribution in [3.63, 3.8) is 0 Å². The monoisotopic (exact) mass is 294 g/mol. The molecule has 0 fully saturated rings. The van der Waals surface area contributed by atoms with Gasteiger partial charge >= 0.3 is 0 Å². The fraction of sp³-hybridized carbons (Fsp3) is 0.0714. The Morgan fingerprint density at radius 2 is 2.00 bits per heavy atom. The summed E-state index contributed by atoms with van der Waals surface area (Å²) in [4.78, 5) is 7.01. The number of benzene rings is 2. The molecular weight excluding hydrogens is 286 g/mol. The third kappa shape index (κ3) is 2.00. The van der Waals surface area contributed by atoms with E-state index in [2.05, 4.69) is 9.97 Å². The van der Waals surface area contributed by atoms with Crippen molar-refractivity contribution >= 4 is 22.6 Å². The maximum Gasteiger partial charge on any atom is 0.186 e. The highest BCUT2D eigenvalue weighted by atomic mass is 35.5. The summed E-state index contributed by atoms with van der Waals surface area (Å²) in [5.74, 6) is -1.02. The van der Waals surface area contributed by atoms with Gasteiger partial charge in [0, 0.05) is 5.02 Å². The Bertz CT molecular complexity index is 801. The number of imidazole rings is 1. The van der Waals surface area contributed by atoms with Crippen LogP contribution in [0.25, 0.3) is 22.4 Å². The fourth-order valence-electron chi connectivity index (χ4n) is 2.01. The van der Waals surface area contributed by atoms with Gasteiger partial charge in [-0.3, -0.25) is 0 Å². The van der Waals surface area contributed by atoms with Gasteiger partial charge in [0.1, 0.15) is 17.1 Å². The number of nitrogens with one attached hydrogen (secondary N) is 1. The van der Waals surface area contributed by atoms with Crippen molar-refractivity contribution in [2.45, 2.75) is 0 Å². The lowest BCUT2D eigenvalue weighted by Crippen LogP contribution is -1.89. The van der Waals surface area contributed by atoms with Crippen LogP contribution in [0.4, 0.5) is 8.78 Å². The molecule has 1 aromatic heterocycles. The van der Waals surface area contributed by atoms with E-state index in [4.69, 9.17) is 16.3 Å². The topological polar surface area (TPSA) is 37.9 Å². The number of aromatic amines is 1. The van der Waals surface area contributed by atoms with Crippen LogP contribution in [0.1, 0.15) is 0 Å². The molecule has 2 aromatic carbocycles. The van der Waals surface area contributed by atoms with Crippen LogP contribution in [0.2, 0.25) is 5.02 Å². The molecule has 3 nitrogen and oxygen atoms in total. The Kier molecular flexibility index (Phi) is 3.06. The minimum atomic E-state index is -0.981. The van der Waals surface area contributed by atoms with E-state index in [9.17, 15) is 8.78 Å². The summed E-state index contributed by atoms with van der Waals surface area (Å²) in [6.45, 7) is 0. The minimum Gasteiger partial charge on any atom is -0.496 e. The van der Waals surface area contributed by atoms with Crippen LogP contribution < -0.4 is 4.74 Å². The lowest BCUT2D eigenvalue weighted by Gasteiger charge is -2.05. The van der Waals surface area contributed by atoms with Gasteiger partial charge in [-0.1, -0.05) is 11.6 Å². The average molecular weight is 295 g/mol. The van der Waals surface area contributed by atoms with Crippen molar-refractivity contribution in [2.75, 3.05) is 7.11 Å². The van der Waals surface area contributed by atoms with Crippen LogP contribution >= 0.6 is 11.6 Å². The van der Waals surface area contributed by atoms with Gasteiger partial charge in [0.15, 0.2) is 11.6 Å². The highest BCUT2D eigenvalue weighted by molar-refractivity contribution is 6.30. The van der Waals surface area contributed by atoms with Gasteiger partial charge in [-0.15, -0.1) is 0 Å². The normalized spacial score (nSPS) is 11.0. The maximum atomic E-state index is 13.7. The Morgan fingerprint density at radius 3 is 2.75 bits per heavy atom. The van der Waals surface area contributed by atoms with Crippen molar-refractivity contribution in [3.8, 4) is 17.1 Å². The van der Waals surface area contributed by atoms with Crippen LogP contribution in [0.5, 0.6) is 5.75 Å². The number of nitrogens with zero attached hydrogens (tertiary/aromatic N) is 1. The number of halogens is 3. The predicted octanol–water partition coefficient (Wildman–Crippen LogP) is 4.17. The standard InChI is InChI=1S/C14H9ClF2N2O/c1-20-11-5-2-7(15)6-8(11)14-18-10-4-3-9(16)12(17)13(10)19-14/h2-6H,1H3,(H,18,19). The molecule has 0 saturated carbocycles. The van der Waals surface area contributed by atoms with Gasteiger partial charge in [-0.25, -0.2) is 13.8 Å². The molecule has 0 atom stereocenters. The Hall–Kier alpha value is -2.14. The number of methoxy groups -OCH3 is 1. The third-order valence-electron chi connectivity index (χ3n) is 2.96. The number of ether oxygens (including phenoxy) is 1. The lowest BCUT2D eigenvalue weighted by atomic mass is 10.2. The SMILES string of the molecule is COc1ccc(Cl)cc1-c1nc2c(F)c(F)ccc2[nH]1. The summed E-state index contributed by atoms with van der Waals surface area (Å²) in [6.07, 6.45) is 0. The summed E-state index contributed by atoms with van der Waals surface area (Å²) in [5, 5.41) is 0.493. The first-order valence-corrected chi connectivity index (χ1v) is 6.15. The van der Waals surface area contributed by atoms with E-state index < -0.39 is 11.6 Å². The molecule has 0 unspecified atom stereocenters. The predicted molar refractivity (Wildman–Crippen MR) is 73.0 cm³/mol. The smallest absolute Gasteiger partial charge is 0.186 e. The molecule has 0 spiro atoms. The van der Waals surface area contributed by atoms with Gasteiger partial charge in [0.25, 0.3) is 0 Å². The number of hydrogen-bond donors (Lipinski definition) is 1.